The second kappa shape index (κ2) is 10.1. The first-order valence-corrected chi connectivity index (χ1v) is 9.47. The fourth-order valence-electron chi connectivity index (χ4n) is 2.68. The summed E-state index contributed by atoms with van der Waals surface area (Å²) < 4.78 is 1.45. The van der Waals surface area contributed by atoms with E-state index in [9.17, 15) is 9.59 Å². The smallest absolute Gasteiger partial charge is 0.354 e. The average molecular weight is 397 g/mol. The van der Waals surface area contributed by atoms with Crippen LogP contribution in [0.2, 0.25) is 0 Å². The van der Waals surface area contributed by atoms with E-state index in [0.29, 0.717) is 36.4 Å². The van der Waals surface area contributed by atoms with Crippen LogP contribution in [0.1, 0.15) is 36.3 Å². The molecule has 0 spiro atoms. The third-order valence-corrected chi connectivity index (χ3v) is 3.97. The average Bonchev–Trinajstić information content (AvgIpc) is 3.07. The molecule has 0 saturated carbocycles. The van der Waals surface area contributed by atoms with E-state index in [1.165, 1.54) is 4.57 Å². The van der Waals surface area contributed by atoms with E-state index in [0.717, 1.165) is 11.1 Å². The molecule has 3 rings (SSSR count). The zero-order chi connectivity index (χ0) is 21.4. The Kier molecular flexibility index (Phi) is 7.53. The van der Waals surface area contributed by atoms with Crippen LogP contribution < -0.4 is 22.5 Å². The highest BCUT2D eigenvalue weighted by atomic mass is 16.2. The number of nitrogens with two attached hydrogens (primary N) is 2. The molecule has 2 heterocycles. The maximum Gasteiger partial charge on any atom is 0.354 e. The van der Waals surface area contributed by atoms with Gasteiger partial charge in [-0.1, -0.05) is 13.8 Å². The van der Waals surface area contributed by atoms with Crippen LogP contribution in [0, 0.1) is 6.92 Å². The first-order valence-electron chi connectivity index (χ1n) is 9.47. The highest BCUT2D eigenvalue weighted by molar-refractivity contribution is 5.94. The summed E-state index contributed by atoms with van der Waals surface area (Å²) >= 11 is 0. The number of H-pyrrole nitrogens is 1. The lowest BCUT2D eigenvalue weighted by Crippen LogP contribution is -2.26. The summed E-state index contributed by atoms with van der Waals surface area (Å²) in [7, 11) is 0. The van der Waals surface area contributed by atoms with Crippen molar-refractivity contribution in [2.24, 2.45) is 16.5 Å². The standard InChI is InChI=1S/C18H21N7O2.C2H6/c1-11-9-13-10-25(18(27)24-15(13)23-11)14-5-3-12(4-6-14)16(26)21-7-2-8-22-17(19)20;1-2/h3-6,9-10H,2,7-8H2,1H3,(H,21,26)(H4,19,20,22)(H,23,24,27);1-2H3. The number of aromatic nitrogens is 3. The predicted molar refractivity (Wildman–Crippen MR) is 115 cm³/mol. The Morgan fingerprint density at radius 3 is 2.59 bits per heavy atom. The second-order valence-corrected chi connectivity index (χ2v) is 6.11. The maximum absolute atomic E-state index is 12.2. The molecule has 0 fully saturated rings. The minimum absolute atomic E-state index is 0.0367. The molecular weight excluding hydrogens is 370 g/mol. The largest absolute Gasteiger partial charge is 0.370 e. The monoisotopic (exact) mass is 397 g/mol. The molecule has 1 aromatic carbocycles. The van der Waals surface area contributed by atoms with Crippen molar-refractivity contribution in [2.75, 3.05) is 13.1 Å². The number of hydrogen-bond donors (Lipinski definition) is 4. The molecule has 2 aromatic heterocycles. The summed E-state index contributed by atoms with van der Waals surface area (Å²) in [6.45, 7) is 6.82. The number of rotatable bonds is 6. The van der Waals surface area contributed by atoms with Crippen molar-refractivity contribution in [1.82, 2.24) is 19.9 Å². The fourth-order valence-corrected chi connectivity index (χ4v) is 2.68. The molecule has 0 radical (unpaired) electrons. The van der Waals surface area contributed by atoms with Crippen molar-refractivity contribution in [3.05, 3.63) is 58.3 Å². The number of carbonyl (C=O) groups excluding carboxylic acids is 1. The minimum atomic E-state index is -0.388. The highest BCUT2D eigenvalue weighted by Crippen LogP contribution is 2.13. The van der Waals surface area contributed by atoms with E-state index < -0.39 is 0 Å². The second-order valence-electron chi connectivity index (χ2n) is 6.11. The third-order valence-electron chi connectivity index (χ3n) is 3.97. The number of aromatic amines is 1. The molecule has 154 valence electrons. The molecule has 29 heavy (non-hydrogen) atoms. The number of aliphatic imine (C=N–C) groups is 1. The fraction of sp³-hybridized carbons (Fsp3) is 0.300. The normalized spacial score (nSPS) is 10.2. The van der Waals surface area contributed by atoms with Gasteiger partial charge in [-0.05, 0) is 43.7 Å². The minimum Gasteiger partial charge on any atom is -0.370 e. The number of carbonyl (C=O) groups is 1. The van der Waals surface area contributed by atoms with Crippen molar-refractivity contribution in [3.63, 3.8) is 0 Å². The van der Waals surface area contributed by atoms with E-state index in [1.807, 2.05) is 26.8 Å². The van der Waals surface area contributed by atoms with Gasteiger partial charge in [0.25, 0.3) is 5.91 Å². The summed E-state index contributed by atoms with van der Waals surface area (Å²) in [6, 6.07) is 8.67. The van der Waals surface area contributed by atoms with E-state index in [2.05, 4.69) is 20.3 Å². The van der Waals surface area contributed by atoms with Crippen LogP contribution in [-0.2, 0) is 0 Å². The van der Waals surface area contributed by atoms with Crippen molar-refractivity contribution >= 4 is 22.9 Å². The van der Waals surface area contributed by atoms with E-state index in [1.54, 1.807) is 30.5 Å². The van der Waals surface area contributed by atoms with E-state index in [-0.39, 0.29) is 17.6 Å². The SMILES string of the molecule is CC.Cc1cc2cn(-c3ccc(C(=O)NCCCN=C(N)N)cc3)c(=O)nc2[nH]1. The summed E-state index contributed by atoms with van der Waals surface area (Å²) in [4.78, 5) is 35.3. The Hall–Kier alpha value is -3.62. The number of benzene rings is 1. The van der Waals surface area contributed by atoms with E-state index >= 15 is 0 Å². The number of nitrogens with zero attached hydrogens (tertiary/aromatic N) is 3. The van der Waals surface area contributed by atoms with Gasteiger partial charge in [0.15, 0.2) is 5.96 Å². The quantitative estimate of drug-likeness (QED) is 0.283. The number of amides is 1. The molecule has 0 aliphatic heterocycles. The molecule has 9 heteroatoms. The van der Waals surface area contributed by atoms with Gasteiger partial charge in [0.2, 0.25) is 0 Å². The first kappa shape index (κ1) is 21.7. The van der Waals surface area contributed by atoms with Crippen LogP contribution in [0.3, 0.4) is 0 Å². The zero-order valence-electron chi connectivity index (χ0n) is 16.9. The van der Waals surface area contributed by atoms with Crippen molar-refractivity contribution in [1.29, 1.82) is 0 Å². The van der Waals surface area contributed by atoms with Gasteiger partial charge in [-0.25, -0.2) is 4.79 Å². The van der Waals surface area contributed by atoms with Gasteiger partial charge in [0, 0.05) is 35.9 Å². The van der Waals surface area contributed by atoms with Crippen LogP contribution >= 0.6 is 0 Å². The molecule has 9 nitrogen and oxygen atoms in total. The van der Waals surface area contributed by atoms with Gasteiger partial charge in [0.1, 0.15) is 5.65 Å². The molecule has 6 N–H and O–H groups in total. The molecule has 0 saturated heterocycles. The van der Waals surface area contributed by atoms with E-state index in [4.69, 9.17) is 11.5 Å². The van der Waals surface area contributed by atoms with Gasteiger partial charge in [-0.15, -0.1) is 0 Å². The lowest BCUT2D eigenvalue weighted by atomic mass is 10.2. The zero-order valence-corrected chi connectivity index (χ0v) is 16.9. The Morgan fingerprint density at radius 1 is 1.24 bits per heavy atom. The Bertz CT molecular complexity index is 1040. The number of aryl methyl sites for hydroxylation is 1. The van der Waals surface area contributed by atoms with Crippen LogP contribution in [0.5, 0.6) is 0 Å². The number of hydrogen-bond acceptors (Lipinski definition) is 4. The van der Waals surface area contributed by atoms with Gasteiger partial charge in [-0.2, -0.15) is 4.98 Å². The topological polar surface area (TPSA) is 144 Å². The molecule has 0 atom stereocenters. The number of fused-ring (bicyclic) bond motifs is 1. The Labute approximate surface area is 168 Å². The number of nitrogens with one attached hydrogen (secondary N) is 2. The Morgan fingerprint density at radius 2 is 1.93 bits per heavy atom. The van der Waals surface area contributed by atoms with Crippen molar-refractivity contribution in [3.8, 4) is 5.69 Å². The van der Waals surface area contributed by atoms with Crippen LogP contribution in [0.15, 0.2) is 46.3 Å². The molecule has 3 aromatic rings. The summed E-state index contributed by atoms with van der Waals surface area (Å²) in [5.41, 5.74) is 12.7. The third kappa shape index (κ3) is 5.68. The molecular formula is C20H27N7O2. The van der Waals surface area contributed by atoms with Crippen LogP contribution in [0.25, 0.3) is 16.7 Å². The van der Waals surface area contributed by atoms with Gasteiger partial charge in [-0.3, -0.25) is 14.4 Å². The summed E-state index contributed by atoms with van der Waals surface area (Å²) in [6.07, 6.45) is 2.37. The lowest BCUT2D eigenvalue weighted by molar-refractivity contribution is 0.0953. The summed E-state index contributed by atoms with van der Waals surface area (Å²) in [5, 5.41) is 3.64. The van der Waals surface area contributed by atoms with Gasteiger partial charge < -0.3 is 21.8 Å². The van der Waals surface area contributed by atoms with Crippen molar-refractivity contribution < 1.29 is 4.79 Å². The summed E-state index contributed by atoms with van der Waals surface area (Å²) in [5.74, 6) is -0.164. The highest BCUT2D eigenvalue weighted by Gasteiger charge is 2.08. The van der Waals surface area contributed by atoms with Crippen LogP contribution in [-0.4, -0.2) is 39.5 Å². The van der Waals surface area contributed by atoms with Gasteiger partial charge in [0.05, 0.1) is 5.69 Å². The molecule has 0 bridgehead atoms. The Balaban J connectivity index is 0.00000145. The number of guanidine groups is 1. The molecule has 0 unspecified atom stereocenters. The molecule has 0 aliphatic rings. The predicted octanol–water partition coefficient (Wildman–Crippen LogP) is 1.44. The maximum atomic E-state index is 12.2. The molecule has 1 amide bonds. The lowest BCUT2D eigenvalue weighted by Gasteiger charge is -2.07. The first-order chi connectivity index (χ1) is 13.9. The van der Waals surface area contributed by atoms with Gasteiger partial charge >= 0.3 is 5.69 Å². The van der Waals surface area contributed by atoms with Crippen molar-refractivity contribution in [2.45, 2.75) is 27.2 Å². The molecule has 0 aliphatic carbocycles. The van der Waals surface area contributed by atoms with Crippen LogP contribution in [0.4, 0.5) is 0 Å².